The fraction of sp³-hybridized carbons (Fsp3) is 1.00. The van der Waals surface area contributed by atoms with Crippen LogP contribution in [0, 0.1) is 0 Å². The van der Waals surface area contributed by atoms with Gasteiger partial charge in [-0.3, -0.25) is 4.90 Å². The van der Waals surface area contributed by atoms with Gasteiger partial charge in [-0.2, -0.15) is 0 Å². The number of hydrogen-bond acceptors (Lipinski definition) is 1. The van der Waals surface area contributed by atoms with Gasteiger partial charge in [-0.05, 0) is 32.6 Å². The van der Waals surface area contributed by atoms with E-state index in [4.69, 9.17) is 0 Å². The highest BCUT2D eigenvalue weighted by Gasteiger charge is 2.39. The van der Waals surface area contributed by atoms with Crippen molar-refractivity contribution in [2.75, 3.05) is 0 Å². The maximum absolute atomic E-state index is 2.82. The zero-order chi connectivity index (χ0) is 9.26. The quantitative estimate of drug-likeness (QED) is 0.632. The summed E-state index contributed by atoms with van der Waals surface area (Å²) in [4.78, 5) is 2.82. The molecule has 76 valence electrons. The second-order valence-corrected chi connectivity index (χ2v) is 4.91. The summed E-state index contributed by atoms with van der Waals surface area (Å²) < 4.78 is 0. The molecule has 0 aliphatic carbocycles. The van der Waals surface area contributed by atoms with E-state index in [0.717, 1.165) is 18.1 Å². The number of hydrogen-bond donors (Lipinski definition) is 0. The lowest BCUT2D eigenvalue weighted by Gasteiger charge is -2.50. The molecule has 0 spiro atoms. The molecule has 0 aromatic carbocycles. The lowest BCUT2D eigenvalue weighted by molar-refractivity contribution is -0.0161. The van der Waals surface area contributed by atoms with Gasteiger partial charge in [0.2, 0.25) is 0 Å². The summed E-state index contributed by atoms with van der Waals surface area (Å²) in [5, 5.41) is 0. The molecule has 0 radical (unpaired) electrons. The Morgan fingerprint density at radius 3 is 2.69 bits per heavy atom. The van der Waals surface area contributed by atoms with Crippen LogP contribution in [0.1, 0.15) is 58.8 Å². The lowest BCUT2D eigenvalue weighted by atomic mass is 9.89. The highest BCUT2D eigenvalue weighted by Crippen LogP contribution is 2.37. The third-order valence-corrected chi connectivity index (χ3v) is 3.91. The van der Waals surface area contributed by atoms with Crippen LogP contribution in [0.15, 0.2) is 0 Å². The van der Waals surface area contributed by atoms with Gasteiger partial charge in [-0.25, -0.2) is 0 Å². The van der Waals surface area contributed by atoms with E-state index in [1.165, 1.54) is 44.9 Å². The molecule has 0 aromatic heterocycles. The predicted octanol–water partition coefficient (Wildman–Crippen LogP) is 3.19. The minimum absolute atomic E-state index is 0.889. The van der Waals surface area contributed by atoms with Crippen molar-refractivity contribution in [3.05, 3.63) is 0 Å². The molecule has 2 heterocycles. The lowest BCUT2D eigenvalue weighted by Crippen LogP contribution is -2.57. The zero-order valence-corrected chi connectivity index (χ0v) is 9.13. The Bertz CT molecular complexity index is 167. The van der Waals surface area contributed by atoms with E-state index in [1.54, 1.807) is 0 Å². The summed E-state index contributed by atoms with van der Waals surface area (Å²) in [5.41, 5.74) is 0. The molecule has 0 aromatic rings. The van der Waals surface area contributed by atoms with Crippen molar-refractivity contribution in [3.63, 3.8) is 0 Å². The van der Waals surface area contributed by atoms with Crippen LogP contribution < -0.4 is 0 Å². The topological polar surface area (TPSA) is 3.24 Å². The van der Waals surface area contributed by atoms with Gasteiger partial charge in [-0.1, -0.05) is 26.2 Å². The fourth-order valence-electron chi connectivity index (χ4n) is 3.32. The molecule has 2 aliphatic heterocycles. The van der Waals surface area contributed by atoms with E-state index in [1.807, 2.05) is 0 Å². The highest BCUT2D eigenvalue weighted by molar-refractivity contribution is 4.95. The van der Waals surface area contributed by atoms with Crippen LogP contribution in [0.3, 0.4) is 0 Å². The fourth-order valence-corrected chi connectivity index (χ4v) is 3.32. The third kappa shape index (κ3) is 1.76. The molecule has 0 saturated carbocycles. The minimum Gasteiger partial charge on any atom is -0.295 e. The summed E-state index contributed by atoms with van der Waals surface area (Å²) in [6.07, 6.45) is 10.2. The van der Waals surface area contributed by atoms with Crippen molar-refractivity contribution in [1.82, 2.24) is 4.90 Å². The molecular formula is C12H23N. The van der Waals surface area contributed by atoms with Crippen LogP contribution in [-0.4, -0.2) is 23.0 Å². The second-order valence-electron chi connectivity index (χ2n) is 4.91. The van der Waals surface area contributed by atoms with Crippen LogP contribution in [0.2, 0.25) is 0 Å². The molecule has 2 aliphatic rings. The summed E-state index contributed by atoms with van der Waals surface area (Å²) in [5.74, 6) is 0. The van der Waals surface area contributed by atoms with E-state index in [0.29, 0.717) is 0 Å². The van der Waals surface area contributed by atoms with Crippen molar-refractivity contribution >= 4 is 0 Å². The van der Waals surface area contributed by atoms with Crippen LogP contribution in [-0.2, 0) is 0 Å². The molecule has 3 unspecified atom stereocenters. The molecule has 0 amide bonds. The largest absolute Gasteiger partial charge is 0.295 e. The van der Waals surface area contributed by atoms with Crippen molar-refractivity contribution in [1.29, 1.82) is 0 Å². The Hall–Kier alpha value is -0.0400. The second kappa shape index (κ2) is 4.00. The Morgan fingerprint density at radius 1 is 1.23 bits per heavy atom. The molecule has 0 N–H and O–H groups in total. The molecule has 1 heteroatoms. The number of nitrogens with zero attached hydrogens (tertiary/aromatic N) is 1. The van der Waals surface area contributed by atoms with Crippen molar-refractivity contribution in [3.8, 4) is 0 Å². The average Bonchev–Trinajstić information content (AvgIpc) is 2.24. The molecule has 0 bridgehead atoms. The molecule has 13 heavy (non-hydrogen) atoms. The van der Waals surface area contributed by atoms with Crippen molar-refractivity contribution in [2.45, 2.75) is 76.9 Å². The Kier molecular flexibility index (Phi) is 2.92. The van der Waals surface area contributed by atoms with E-state index in [2.05, 4.69) is 18.7 Å². The Morgan fingerprint density at radius 2 is 2.00 bits per heavy atom. The van der Waals surface area contributed by atoms with E-state index in [9.17, 15) is 0 Å². The monoisotopic (exact) mass is 181 g/mol. The van der Waals surface area contributed by atoms with Gasteiger partial charge < -0.3 is 0 Å². The first-order valence-corrected chi connectivity index (χ1v) is 6.10. The standard InChI is InChI=1S/C12H23N/c1-3-6-11-7-4-5-8-12-9-10(2)13(11)12/h10-12H,3-9H2,1-2H3. The molecular weight excluding hydrogens is 158 g/mol. The number of rotatable bonds is 2. The predicted molar refractivity (Wildman–Crippen MR) is 56.9 cm³/mol. The minimum atomic E-state index is 0.889. The first kappa shape index (κ1) is 9.51. The van der Waals surface area contributed by atoms with E-state index < -0.39 is 0 Å². The third-order valence-electron chi connectivity index (χ3n) is 3.91. The van der Waals surface area contributed by atoms with Gasteiger partial charge in [0.15, 0.2) is 0 Å². The van der Waals surface area contributed by atoms with Crippen LogP contribution >= 0.6 is 0 Å². The van der Waals surface area contributed by atoms with Crippen LogP contribution in [0.5, 0.6) is 0 Å². The number of fused-ring (bicyclic) bond motifs is 1. The summed E-state index contributed by atoms with van der Waals surface area (Å²) in [7, 11) is 0. The highest BCUT2D eigenvalue weighted by atomic mass is 15.3. The van der Waals surface area contributed by atoms with E-state index >= 15 is 0 Å². The molecule has 1 nitrogen and oxygen atoms in total. The van der Waals surface area contributed by atoms with Gasteiger partial charge in [0.05, 0.1) is 0 Å². The van der Waals surface area contributed by atoms with Gasteiger partial charge in [0.1, 0.15) is 0 Å². The van der Waals surface area contributed by atoms with Gasteiger partial charge >= 0.3 is 0 Å². The maximum Gasteiger partial charge on any atom is 0.0116 e. The van der Waals surface area contributed by atoms with Crippen LogP contribution in [0.4, 0.5) is 0 Å². The molecule has 3 atom stereocenters. The first-order chi connectivity index (χ1) is 6.33. The Labute approximate surface area is 82.5 Å². The first-order valence-electron chi connectivity index (χ1n) is 6.10. The zero-order valence-electron chi connectivity index (χ0n) is 9.13. The molecule has 2 rings (SSSR count). The van der Waals surface area contributed by atoms with Gasteiger partial charge in [-0.15, -0.1) is 0 Å². The smallest absolute Gasteiger partial charge is 0.0116 e. The maximum atomic E-state index is 2.82. The van der Waals surface area contributed by atoms with Gasteiger partial charge in [0.25, 0.3) is 0 Å². The van der Waals surface area contributed by atoms with Crippen LogP contribution in [0.25, 0.3) is 0 Å². The van der Waals surface area contributed by atoms with Crippen molar-refractivity contribution in [2.24, 2.45) is 0 Å². The van der Waals surface area contributed by atoms with Gasteiger partial charge in [0, 0.05) is 18.1 Å². The molecule has 2 fully saturated rings. The summed E-state index contributed by atoms with van der Waals surface area (Å²) in [6, 6.07) is 2.79. The van der Waals surface area contributed by atoms with E-state index in [-0.39, 0.29) is 0 Å². The average molecular weight is 181 g/mol. The normalized spacial score (nSPS) is 40.6. The molecule has 2 saturated heterocycles. The van der Waals surface area contributed by atoms with Crippen molar-refractivity contribution < 1.29 is 0 Å². The summed E-state index contributed by atoms with van der Waals surface area (Å²) in [6.45, 7) is 4.73. The summed E-state index contributed by atoms with van der Waals surface area (Å²) >= 11 is 0. The Balaban J connectivity index is 1.97. The SMILES string of the molecule is CCCC1CCCCC2CC(C)N12.